The quantitative estimate of drug-likeness (QED) is 0.935. The zero-order valence-corrected chi connectivity index (χ0v) is 11.6. The molecule has 0 aliphatic heterocycles. The predicted molar refractivity (Wildman–Crippen MR) is 71.4 cm³/mol. The van der Waals surface area contributed by atoms with Crippen molar-refractivity contribution in [3.8, 4) is 0 Å². The Kier molecular flexibility index (Phi) is 4.27. The number of nitrogens with zero attached hydrogens (tertiary/aromatic N) is 1. The number of aromatic nitrogens is 1. The third-order valence-electron chi connectivity index (χ3n) is 2.95. The molecule has 2 nitrogen and oxygen atoms in total. The minimum Gasteiger partial charge on any atom is -0.392 e. The van der Waals surface area contributed by atoms with Crippen molar-refractivity contribution in [2.24, 2.45) is 0 Å². The van der Waals surface area contributed by atoms with Crippen LogP contribution in [-0.2, 0) is 12.8 Å². The molecule has 0 fully saturated rings. The van der Waals surface area contributed by atoms with E-state index in [0.717, 1.165) is 21.6 Å². The third kappa shape index (κ3) is 3.58. The Hall–Kier alpha value is -1.33. The van der Waals surface area contributed by atoms with Gasteiger partial charge in [-0.1, -0.05) is 6.07 Å². The molecule has 1 unspecified atom stereocenters. The summed E-state index contributed by atoms with van der Waals surface area (Å²) >= 11 is 1.54. The summed E-state index contributed by atoms with van der Waals surface area (Å²) in [4.78, 5) is 5.45. The van der Waals surface area contributed by atoms with Crippen LogP contribution in [-0.4, -0.2) is 16.2 Å². The standard InChI is InChI=1S/C14H15F2NOS/c1-8-9(2)19-14(17-8)7-12(18)5-10-3-4-11(15)6-13(10)16/h3-4,6,12,18H,5,7H2,1-2H3. The zero-order chi connectivity index (χ0) is 14.0. The van der Waals surface area contributed by atoms with Crippen LogP contribution in [0.3, 0.4) is 0 Å². The number of aliphatic hydroxyl groups is 1. The van der Waals surface area contributed by atoms with Crippen molar-refractivity contribution in [2.75, 3.05) is 0 Å². The number of benzene rings is 1. The molecule has 5 heteroatoms. The molecule has 0 aliphatic carbocycles. The summed E-state index contributed by atoms with van der Waals surface area (Å²) < 4.78 is 26.2. The van der Waals surface area contributed by atoms with Gasteiger partial charge in [0, 0.05) is 23.8 Å². The molecule has 0 amide bonds. The number of halogens is 2. The maximum absolute atomic E-state index is 13.5. The number of rotatable bonds is 4. The molecule has 0 aliphatic rings. The van der Waals surface area contributed by atoms with Crippen LogP contribution >= 0.6 is 11.3 Å². The summed E-state index contributed by atoms with van der Waals surface area (Å²) in [6, 6.07) is 3.40. The molecule has 0 bridgehead atoms. The topological polar surface area (TPSA) is 33.1 Å². The van der Waals surface area contributed by atoms with Crippen LogP contribution in [0.1, 0.15) is 21.1 Å². The summed E-state index contributed by atoms with van der Waals surface area (Å²) in [5.41, 5.74) is 1.28. The first-order valence-electron chi connectivity index (χ1n) is 6.00. The van der Waals surface area contributed by atoms with Gasteiger partial charge in [-0.3, -0.25) is 0 Å². The van der Waals surface area contributed by atoms with E-state index in [1.807, 2.05) is 13.8 Å². The van der Waals surface area contributed by atoms with Gasteiger partial charge in [-0.05, 0) is 25.5 Å². The van der Waals surface area contributed by atoms with Gasteiger partial charge in [0.1, 0.15) is 11.6 Å². The Labute approximate surface area is 114 Å². The van der Waals surface area contributed by atoms with Crippen molar-refractivity contribution in [2.45, 2.75) is 32.8 Å². The lowest BCUT2D eigenvalue weighted by Gasteiger charge is -2.09. The summed E-state index contributed by atoms with van der Waals surface area (Å²) in [7, 11) is 0. The van der Waals surface area contributed by atoms with Gasteiger partial charge in [0.05, 0.1) is 16.8 Å². The second-order valence-corrected chi connectivity index (χ2v) is 5.83. The Bertz CT molecular complexity index is 563. The van der Waals surface area contributed by atoms with Crippen molar-refractivity contribution < 1.29 is 13.9 Å². The van der Waals surface area contributed by atoms with Gasteiger partial charge in [-0.2, -0.15) is 0 Å². The molecule has 102 valence electrons. The van der Waals surface area contributed by atoms with Gasteiger partial charge in [0.2, 0.25) is 0 Å². The van der Waals surface area contributed by atoms with Gasteiger partial charge in [-0.25, -0.2) is 13.8 Å². The molecule has 19 heavy (non-hydrogen) atoms. The molecule has 1 aromatic heterocycles. The molecule has 1 aromatic carbocycles. The third-order valence-corrected chi connectivity index (χ3v) is 4.05. The molecule has 0 saturated carbocycles. The largest absolute Gasteiger partial charge is 0.392 e. The fourth-order valence-corrected chi connectivity index (χ4v) is 2.85. The van der Waals surface area contributed by atoms with E-state index in [1.165, 1.54) is 23.5 Å². The van der Waals surface area contributed by atoms with Crippen LogP contribution in [0.2, 0.25) is 0 Å². The van der Waals surface area contributed by atoms with Crippen molar-refractivity contribution >= 4 is 11.3 Å². The van der Waals surface area contributed by atoms with Crippen LogP contribution in [0.15, 0.2) is 18.2 Å². The molecule has 1 heterocycles. The van der Waals surface area contributed by atoms with Crippen molar-refractivity contribution in [1.82, 2.24) is 4.98 Å². The van der Waals surface area contributed by atoms with Gasteiger partial charge in [0.25, 0.3) is 0 Å². The smallest absolute Gasteiger partial charge is 0.129 e. The van der Waals surface area contributed by atoms with Gasteiger partial charge in [-0.15, -0.1) is 11.3 Å². The molecule has 2 rings (SSSR count). The lowest BCUT2D eigenvalue weighted by Crippen LogP contribution is -2.14. The first-order chi connectivity index (χ1) is 8.95. The molecule has 1 N–H and O–H groups in total. The number of aryl methyl sites for hydroxylation is 2. The second-order valence-electron chi connectivity index (χ2n) is 4.55. The Morgan fingerprint density at radius 3 is 2.58 bits per heavy atom. The summed E-state index contributed by atoms with van der Waals surface area (Å²) in [6.45, 7) is 3.89. The Morgan fingerprint density at radius 2 is 2.00 bits per heavy atom. The molecule has 0 saturated heterocycles. The fraction of sp³-hybridized carbons (Fsp3) is 0.357. The van der Waals surface area contributed by atoms with E-state index in [2.05, 4.69) is 4.98 Å². The Morgan fingerprint density at radius 1 is 1.26 bits per heavy atom. The average molecular weight is 283 g/mol. The summed E-state index contributed by atoms with van der Waals surface area (Å²) in [5, 5.41) is 10.8. The average Bonchev–Trinajstić information content (AvgIpc) is 2.62. The van der Waals surface area contributed by atoms with Crippen molar-refractivity contribution in [3.63, 3.8) is 0 Å². The van der Waals surface area contributed by atoms with Crippen LogP contribution < -0.4 is 0 Å². The number of thiazole rings is 1. The normalized spacial score (nSPS) is 12.7. The summed E-state index contributed by atoms with van der Waals surface area (Å²) in [5.74, 6) is -1.23. The molecule has 2 aromatic rings. The van der Waals surface area contributed by atoms with E-state index in [9.17, 15) is 13.9 Å². The molecule has 0 spiro atoms. The molecular weight excluding hydrogens is 268 g/mol. The van der Waals surface area contributed by atoms with Crippen LogP contribution in [0.4, 0.5) is 8.78 Å². The zero-order valence-electron chi connectivity index (χ0n) is 10.8. The monoisotopic (exact) mass is 283 g/mol. The SMILES string of the molecule is Cc1nc(CC(O)Cc2ccc(F)cc2F)sc1C. The summed E-state index contributed by atoms with van der Waals surface area (Å²) in [6.07, 6.45) is -0.176. The maximum atomic E-state index is 13.5. The maximum Gasteiger partial charge on any atom is 0.129 e. The van der Waals surface area contributed by atoms with Gasteiger partial charge >= 0.3 is 0 Å². The highest BCUT2D eigenvalue weighted by molar-refractivity contribution is 7.11. The van der Waals surface area contributed by atoms with E-state index < -0.39 is 17.7 Å². The van der Waals surface area contributed by atoms with E-state index >= 15 is 0 Å². The highest BCUT2D eigenvalue weighted by atomic mass is 32.1. The number of aliphatic hydroxyl groups excluding tert-OH is 1. The van der Waals surface area contributed by atoms with E-state index in [0.29, 0.717) is 12.0 Å². The lowest BCUT2D eigenvalue weighted by molar-refractivity contribution is 0.174. The van der Waals surface area contributed by atoms with Crippen LogP contribution in [0.5, 0.6) is 0 Å². The van der Waals surface area contributed by atoms with Crippen LogP contribution in [0.25, 0.3) is 0 Å². The highest BCUT2D eigenvalue weighted by Gasteiger charge is 2.13. The number of hydrogen-bond acceptors (Lipinski definition) is 3. The first kappa shape index (κ1) is 14.1. The Balaban J connectivity index is 2.02. The van der Waals surface area contributed by atoms with Gasteiger partial charge in [0.15, 0.2) is 0 Å². The van der Waals surface area contributed by atoms with E-state index in [1.54, 1.807) is 0 Å². The van der Waals surface area contributed by atoms with Gasteiger partial charge < -0.3 is 5.11 Å². The van der Waals surface area contributed by atoms with E-state index in [4.69, 9.17) is 0 Å². The predicted octanol–water partition coefficient (Wildman–Crippen LogP) is 3.18. The molecule has 1 atom stereocenters. The van der Waals surface area contributed by atoms with E-state index in [-0.39, 0.29) is 6.42 Å². The van der Waals surface area contributed by atoms with Crippen LogP contribution in [0, 0.1) is 25.5 Å². The molecular formula is C14H15F2NOS. The first-order valence-corrected chi connectivity index (χ1v) is 6.82. The van der Waals surface area contributed by atoms with Crippen molar-refractivity contribution in [3.05, 3.63) is 51.0 Å². The second kappa shape index (κ2) is 5.75. The lowest BCUT2D eigenvalue weighted by atomic mass is 10.1. The van der Waals surface area contributed by atoms with Crippen molar-refractivity contribution in [1.29, 1.82) is 0 Å². The molecule has 0 radical (unpaired) electrons. The highest BCUT2D eigenvalue weighted by Crippen LogP contribution is 2.19. The minimum atomic E-state index is -0.718. The fourth-order valence-electron chi connectivity index (χ4n) is 1.84. The number of hydrogen-bond donors (Lipinski definition) is 1. The minimum absolute atomic E-state index is 0.157.